The van der Waals surface area contributed by atoms with E-state index in [1.165, 1.54) is 12.1 Å². The number of carbonyl (C=O) groups is 2. The van der Waals surface area contributed by atoms with Gasteiger partial charge in [0.15, 0.2) is 17.3 Å². The quantitative estimate of drug-likeness (QED) is 0.563. The number of ether oxygens (including phenoxy) is 3. The third-order valence-electron chi connectivity index (χ3n) is 6.54. The maximum absolute atomic E-state index is 13.7. The van der Waals surface area contributed by atoms with Crippen molar-refractivity contribution in [3.8, 4) is 11.5 Å². The van der Waals surface area contributed by atoms with Gasteiger partial charge in [0, 0.05) is 29.3 Å². The highest BCUT2D eigenvalue weighted by Crippen LogP contribution is 2.47. The standard InChI is InChI=1S/C27H28FNO5/c1-5-34-27(31)24-15(2)29-20-12-18(17-8-11-22(32-3)23(14-17)33-4)13-21(30)26(20)25(24)16-6-9-19(28)10-7-16/h6-11,14,18,24-25H,5,12-13H2,1-4H3/t18-,24?,25+/m0/s1. The van der Waals surface area contributed by atoms with Gasteiger partial charge < -0.3 is 14.2 Å². The van der Waals surface area contributed by atoms with Crippen LogP contribution in [-0.2, 0) is 14.3 Å². The second kappa shape index (κ2) is 9.79. The van der Waals surface area contributed by atoms with Crippen LogP contribution in [0.2, 0.25) is 0 Å². The summed E-state index contributed by atoms with van der Waals surface area (Å²) in [7, 11) is 3.15. The van der Waals surface area contributed by atoms with Crippen molar-refractivity contribution >= 4 is 17.5 Å². The van der Waals surface area contributed by atoms with Crippen molar-refractivity contribution in [1.29, 1.82) is 0 Å². The Kier molecular flexibility index (Phi) is 6.82. The highest BCUT2D eigenvalue weighted by Gasteiger charge is 2.44. The largest absolute Gasteiger partial charge is 0.493 e. The molecule has 34 heavy (non-hydrogen) atoms. The molecule has 1 aliphatic heterocycles. The van der Waals surface area contributed by atoms with Gasteiger partial charge in [0.25, 0.3) is 0 Å². The van der Waals surface area contributed by atoms with Crippen LogP contribution in [0.15, 0.2) is 58.7 Å². The third kappa shape index (κ3) is 4.34. The van der Waals surface area contributed by atoms with Crippen molar-refractivity contribution in [3.63, 3.8) is 0 Å². The predicted molar refractivity (Wildman–Crippen MR) is 126 cm³/mol. The molecule has 0 bridgehead atoms. The first kappa shape index (κ1) is 23.7. The first-order valence-electron chi connectivity index (χ1n) is 11.3. The summed E-state index contributed by atoms with van der Waals surface area (Å²) >= 11 is 0. The number of Topliss-reactive ketones (excluding diaryl/α,β-unsaturated/α-hetero) is 1. The molecule has 1 unspecified atom stereocenters. The molecule has 3 atom stereocenters. The number of nitrogens with zero attached hydrogens (tertiary/aromatic N) is 1. The van der Waals surface area contributed by atoms with Crippen molar-refractivity contribution in [3.05, 3.63) is 70.7 Å². The number of benzene rings is 2. The summed E-state index contributed by atoms with van der Waals surface area (Å²) in [6.45, 7) is 3.75. The minimum atomic E-state index is -0.731. The number of esters is 1. The summed E-state index contributed by atoms with van der Waals surface area (Å²) in [6.07, 6.45) is 0.817. The number of allylic oxidation sites excluding steroid dienone is 2. The number of halogens is 1. The molecule has 4 rings (SSSR count). The lowest BCUT2D eigenvalue weighted by atomic mass is 9.69. The van der Waals surface area contributed by atoms with Crippen LogP contribution in [-0.4, -0.2) is 38.3 Å². The molecule has 0 saturated heterocycles. The van der Waals surface area contributed by atoms with Gasteiger partial charge in [-0.05, 0) is 61.6 Å². The second-order valence-corrected chi connectivity index (χ2v) is 8.52. The molecule has 0 saturated carbocycles. The molecule has 0 radical (unpaired) electrons. The van der Waals surface area contributed by atoms with Gasteiger partial charge in [-0.15, -0.1) is 0 Å². The molecule has 7 heteroatoms. The van der Waals surface area contributed by atoms with E-state index in [4.69, 9.17) is 19.2 Å². The Hall–Kier alpha value is -3.48. The third-order valence-corrected chi connectivity index (χ3v) is 6.54. The summed E-state index contributed by atoms with van der Waals surface area (Å²) in [4.78, 5) is 31.2. The maximum atomic E-state index is 13.7. The molecule has 2 aromatic carbocycles. The minimum Gasteiger partial charge on any atom is -0.493 e. The van der Waals surface area contributed by atoms with Gasteiger partial charge in [-0.25, -0.2) is 4.39 Å². The molecule has 0 N–H and O–H groups in total. The number of hydrogen-bond donors (Lipinski definition) is 0. The summed E-state index contributed by atoms with van der Waals surface area (Å²) < 4.78 is 29.8. The van der Waals surface area contributed by atoms with E-state index in [-0.39, 0.29) is 30.5 Å². The van der Waals surface area contributed by atoms with Crippen LogP contribution >= 0.6 is 0 Å². The number of methoxy groups -OCH3 is 2. The smallest absolute Gasteiger partial charge is 0.315 e. The fourth-order valence-corrected chi connectivity index (χ4v) is 4.97. The monoisotopic (exact) mass is 465 g/mol. The van der Waals surface area contributed by atoms with E-state index >= 15 is 0 Å². The maximum Gasteiger partial charge on any atom is 0.315 e. The topological polar surface area (TPSA) is 74.2 Å². The van der Waals surface area contributed by atoms with E-state index in [9.17, 15) is 14.0 Å². The number of ketones is 1. The Morgan fingerprint density at radius 2 is 1.71 bits per heavy atom. The minimum absolute atomic E-state index is 0.0686. The molecule has 0 aromatic heterocycles. The Balaban J connectivity index is 1.77. The van der Waals surface area contributed by atoms with Gasteiger partial charge in [0.2, 0.25) is 0 Å². The number of rotatable bonds is 6. The van der Waals surface area contributed by atoms with Crippen LogP contribution in [0.25, 0.3) is 0 Å². The van der Waals surface area contributed by atoms with E-state index in [0.717, 1.165) is 5.56 Å². The lowest BCUT2D eigenvalue weighted by Crippen LogP contribution is -2.38. The molecule has 0 spiro atoms. The molecule has 2 aliphatic rings. The molecule has 1 aliphatic carbocycles. The average molecular weight is 466 g/mol. The van der Waals surface area contributed by atoms with Gasteiger partial charge in [0.1, 0.15) is 11.7 Å². The molecule has 0 fully saturated rings. The Morgan fingerprint density at radius 3 is 2.35 bits per heavy atom. The fraction of sp³-hybridized carbons (Fsp3) is 0.370. The number of aliphatic imine (C=N–C) groups is 1. The van der Waals surface area contributed by atoms with Crippen molar-refractivity contribution in [1.82, 2.24) is 0 Å². The Morgan fingerprint density at radius 1 is 1.03 bits per heavy atom. The molecule has 1 heterocycles. The van der Waals surface area contributed by atoms with Gasteiger partial charge >= 0.3 is 5.97 Å². The fourth-order valence-electron chi connectivity index (χ4n) is 4.97. The van der Waals surface area contributed by atoms with Crippen LogP contribution < -0.4 is 9.47 Å². The summed E-state index contributed by atoms with van der Waals surface area (Å²) in [5.41, 5.74) is 3.43. The highest BCUT2D eigenvalue weighted by atomic mass is 19.1. The van der Waals surface area contributed by atoms with Crippen molar-refractivity contribution in [2.75, 3.05) is 20.8 Å². The van der Waals surface area contributed by atoms with Crippen molar-refractivity contribution in [2.45, 2.75) is 38.5 Å². The lowest BCUT2D eigenvalue weighted by Gasteiger charge is -2.36. The SMILES string of the molecule is CCOC(=O)C1C(C)=NC2=C(C(=O)C[C@@H](c3ccc(OC)c(OC)c3)C2)[C@@H]1c1ccc(F)cc1. The molecule has 178 valence electrons. The lowest BCUT2D eigenvalue weighted by molar-refractivity contribution is -0.146. The van der Waals surface area contributed by atoms with Crippen molar-refractivity contribution in [2.24, 2.45) is 10.9 Å². The number of carbonyl (C=O) groups excluding carboxylic acids is 2. The summed E-state index contributed by atoms with van der Waals surface area (Å²) in [5.74, 6) is -1.04. The van der Waals surface area contributed by atoms with Crippen molar-refractivity contribution < 1.29 is 28.2 Å². The average Bonchev–Trinajstić information content (AvgIpc) is 2.83. The first-order valence-corrected chi connectivity index (χ1v) is 11.3. The van der Waals surface area contributed by atoms with E-state index < -0.39 is 17.8 Å². The van der Waals surface area contributed by atoms with E-state index in [2.05, 4.69) is 0 Å². The van der Waals surface area contributed by atoms with Crippen LogP contribution in [0.4, 0.5) is 4.39 Å². The molecular weight excluding hydrogens is 437 g/mol. The molecular formula is C27H28FNO5. The Bertz CT molecular complexity index is 1170. The van der Waals surface area contributed by atoms with Gasteiger partial charge in [-0.2, -0.15) is 0 Å². The van der Waals surface area contributed by atoms with Gasteiger partial charge in [-0.1, -0.05) is 18.2 Å². The van der Waals surface area contributed by atoms with Crippen LogP contribution in [0.3, 0.4) is 0 Å². The molecule has 2 aromatic rings. The van der Waals surface area contributed by atoms with Gasteiger partial charge in [-0.3, -0.25) is 14.6 Å². The highest BCUT2D eigenvalue weighted by molar-refractivity contribution is 6.09. The first-order chi connectivity index (χ1) is 16.4. The zero-order valence-corrected chi connectivity index (χ0v) is 19.8. The zero-order valence-electron chi connectivity index (χ0n) is 19.8. The summed E-state index contributed by atoms with van der Waals surface area (Å²) in [5, 5.41) is 0. The zero-order chi connectivity index (χ0) is 24.4. The molecule has 0 amide bonds. The van der Waals surface area contributed by atoms with E-state index in [0.29, 0.717) is 40.5 Å². The normalized spacial score (nSPS) is 22.1. The van der Waals surface area contributed by atoms with E-state index in [1.54, 1.807) is 40.2 Å². The second-order valence-electron chi connectivity index (χ2n) is 8.52. The Labute approximate surface area is 198 Å². The van der Waals surface area contributed by atoms with Crippen LogP contribution in [0.5, 0.6) is 11.5 Å². The van der Waals surface area contributed by atoms with E-state index in [1.807, 2.05) is 18.2 Å². The van der Waals surface area contributed by atoms with Crippen LogP contribution in [0, 0.1) is 11.7 Å². The molecule has 6 nitrogen and oxygen atoms in total. The summed E-state index contributed by atoms with van der Waals surface area (Å²) in [6, 6.07) is 11.6. The van der Waals surface area contributed by atoms with Crippen LogP contribution in [0.1, 0.15) is 49.7 Å². The number of hydrogen-bond acceptors (Lipinski definition) is 6. The van der Waals surface area contributed by atoms with Gasteiger partial charge in [0.05, 0.1) is 20.8 Å². The predicted octanol–water partition coefficient (Wildman–Crippen LogP) is 4.98.